The molecule has 0 aromatic carbocycles. The van der Waals surface area contributed by atoms with E-state index in [1.54, 1.807) is 0 Å². The van der Waals surface area contributed by atoms with E-state index in [2.05, 4.69) is 0 Å². The first-order valence-electron chi connectivity index (χ1n) is 4.54. The van der Waals surface area contributed by atoms with E-state index in [9.17, 15) is 9.90 Å². The van der Waals surface area contributed by atoms with Crippen LogP contribution in [-0.4, -0.2) is 29.2 Å². The fraction of sp³-hybridized carbons (Fsp3) is 0.889. The molecule has 0 aliphatic carbocycles. The van der Waals surface area contributed by atoms with Crippen LogP contribution in [0.3, 0.4) is 0 Å². The molecule has 2 saturated heterocycles. The van der Waals surface area contributed by atoms with E-state index in [4.69, 9.17) is 4.74 Å². The Labute approximate surface area is 71.7 Å². The summed E-state index contributed by atoms with van der Waals surface area (Å²) < 4.78 is 5.42. The zero-order valence-corrected chi connectivity index (χ0v) is 7.19. The van der Waals surface area contributed by atoms with Gasteiger partial charge >= 0.3 is 0 Å². The Kier molecular flexibility index (Phi) is 1.93. The Hall–Kier alpha value is -0.410. The van der Waals surface area contributed by atoms with Gasteiger partial charge in [-0.3, -0.25) is 4.79 Å². The summed E-state index contributed by atoms with van der Waals surface area (Å²) in [6.07, 6.45) is 1.30. The molecule has 2 rings (SSSR count). The Bertz CT molecular complexity index is 200. The lowest BCUT2D eigenvalue weighted by molar-refractivity contribution is -0.176. The van der Waals surface area contributed by atoms with E-state index in [0.717, 1.165) is 0 Å². The first-order chi connectivity index (χ1) is 5.68. The summed E-state index contributed by atoms with van der Waals surface area (Å²) in [6, 6.07) is 0. The Morgan fingerprint density at radius 1 is 1.58 bits per heavy atom. The van der Waals surface area contributed by atoms with Gasteiger partial charge in [0.25, 0.3) is 0 Å². The highest BCUT2D eigenvalue weighted by molar-refractivity contribution is 5.83. The molecule has 3 heteroatoms. The third-order valence-electron chi connectivity index (χ3n) is 2.92. The molecule has 2 bridgehead atoms. The summed E-state index contributed by atoms with van der Waals surface area (Å²) >= 11 is 0. The van der Waals surface area contributed by atoms with Gasteiger partial charge in [-0.2, -0.15) is 0 Å². The van der Waals surface area contributed by atoms with Crippen LogP contribution < -0.4 is 0 Å². The molecule has 0 saturated carbocycles. The maximum Gasteiger partial charge on any atom is 0.161 e. The van der Waals surface area contributed by atoms with Crippen molar-refractivity contribution in [3.63, 3.8) is 0 Å². The van der Waals surface area contributed by atoms with Gasteiger partial charge in [0.1, 0.15) is 6.10 Å². The van der Waals surface area contributed by atoms with E-state index in [-0.39, 0.29) is 30.0 Å². The van der Waals surface area contributed by atoms with Crippen LogP contribution >= 0.6 is 0 Å². The number of ether oxygens (including phenoxy) is 1. The standard InChI is InChI=1S/C9H14O3/c1-5-4-8-6(10)2-3-7(12-8)9(5)11/h5,7-9,11H,2-4H2,1H3. The minimum absolute atomic E-state index is 0.0866. The number of rotatable bonds is 0. The Morgan fingerprint density at radius 2 is 2.33 bits per heavy atom. The number of Topliss-reactive ketones (excluding diaryl/α,β-unsaturated/α-hetero) is 1. The van der Waals surface area contributed by atoms with Crippen molar-refractivity contribution < 1.29 is 14.6 Å². The van der Waals surface area contributed by atoms with Gasteiger partial charge in [0.05, 0.1) is 12.2 Å². The van der Waals surface area contributed by atoms with Crippen molar-refractivity contribution in [2.45, 2.75) is 44.5 Å². The van der Waals surface area contributed by atoms with E-state index in [1.165, 1.54) is 0 Å². The van der Waals surface area contributed by atoms with E-state index in [0.29, 0.717) is 19.3 Å². The molecule has 0 amide bonds. The minimum Gasteiger partial charge on any atom is -0.390 e. The third-order valence-corrected chi connectivity index (χ3v) is 2.92. The maximum atomic E-state index is 11.3. The van der Waals surface area contributed by atoms with Gasteiger partial charge in [-0.1, -0.05) is 6.92 Å². The molecule has 0 aromatic rings. The van der Waals surface area contributed by atoms with Gasteiger partial charge in [0.15, 0.2) is 5.78 Å². The molecule has 0 radical (unpaired) electrons. The van der Waals surface area contributed by atoms with E-state index >= 15 is 0 Å². The van der Waals surface area contributed by atoms with Crippen molar-refractivity contribution in [3.05, 3.63) is 0 Å². The number of ketones is 1. The topological polar surface area (TPSA) is 46.5 Å². The number of carbonyl (C=O) groups is 1. The van der Waals surface area contributed by atoms with Crippen LogP contribution in [-0.2, 0) is 9.53 Å². The SMILES string of the molecule is CC1CC2OC(CCC2=O)C1O. The van der Waals surface area contributed by atoms with Gasteiger partial charge in [-0.05, 0) is 18.8 Å². The lowest BCUT2D eigenvalue weighted by Gasteiger charge is -2.40. The minimum atomic E-state index is -0.366. The highest BCUT2D eigenvalue weighted by atomic mass is 16.5. The lowest BCUT2D eigenvalue weighted by atomic mass is 9.82. The second-order valence-corrected chi connectivity index (χ2v) is 3.87. The maximum absolute atomic E-state index is 11.3. The van der Waals surface area contributed by atoms with E-state index in [1.807, 2.05) is 6.92 Å². The van der Waals surface area contributed by atoms with Crippen molar-refractivity contribution in [2.24, 2.45) is 5.92 Å². The highest BCUT2D eigenvalue weighted by Crippen LogP contribution is 2.32. The van der Waals surface area contributed by atoms with Crippen molar-refractivity contribution in [1.29, 1.82) is 0 Å². The molecule has 0 spiro atoms. The van der Waals surface area contributed by atoms with Crippen LogP contribution in [0.4, 0.5) is 0 Å². The molecule has 2 aliphatic heterocycles. The number of aliphatic hydroxyl groups excluding tert-OH is 1. The van der Waals surface area contributed by atoms with Crippen LogP contribution in [0.1, 0.15) is 26.2 Å². The predicted octanol–water partition coefficient (Wildman–Crippen LogP) is 0.504. The zero-order valence-electron chi connectivity index (χ0n) is 7.19. The summed E-state index contributed by atoms with van der Waals surface area (Å²) in [6.45, 7) is 1.98. The number of aliphatic hydroxyl groups is 1. The normalized spacial score (nSPS) is 47.7. The molecule has 2 heterocycles. The lowest BCUT2D eigenvalue weighted by Crippen LogP contribution is -2.50. The fourth-order valence-corrected chi connectivity index (χ4v) is 2.08. The largest absolute Gasteiger partial charge is 0.390 e. The summed E-state index contributed by atoms with van der Waals surface area (Å²) in [7, 11) is 0. The van der Waals surface area contributed by atoms with E-state index < -0.39 is 0 Å². The molecule has 12 heavy (non-hydrogen) atoms. The fourth-order valence-electron chi connectivity index (χ4n) is 2.08. The van der Waals surface area contributed by atoms with Crippen LogP contribution in [0, 0.1) is 5.92 Å². The van der Waals surface area contributed by atoms with Crippen molar-refractivity contribution >= 4 is 5.78 Å². The Balaban J connectivity index is 2.13. The van der Waals surface area contributed by atoms with Crippen molar-refractivity contribution in [3.8, 4) is 0 Å². The summed E-state index contributed by atoms with van der Waals surface area (Å²) in [5.41, 5.74) is 0. The molecule has 2 fully saturated rings. The monoisotopic (exact) mass is 170 g/mol. The number of fused-ring (bicyclic) bond motifs is 2. The van der Waals surface area contributed by atoms with Crippen molar-refractivity contribution in [2.75, 3.05) is 0 Å². The van der Waals surface area contributed by atoms with Crippen LogP contribution in [0.25, 0.3) is 0 Å². The van der Waals surface area contributed by atoms with Crippen LogP contribution in [0.15, 0.2) is 0 Å². The van der Waals surface area contributed by atoms with Crippen molar-refractivity contribution in [1.82, 2.24) is 0 Å². The average Bonchev–Trinajstić information content (AvgIpc) is 2.06. The first kappa shape index (κ1) is 8.20. The smallest absolute Gasteiger partial charge is 0.161 e. The van der Waals surface area contributed by atoms with Gasteiger partial charge < -0.3 is 9.84 Å². The summed E-state index contributed by atoms with van der Waals surface area (Å²) in [5.74, 6) is 0.419. The van der Waals surface area contributed by atoms with Crippen LogP contribution in [0.5, 0.6) is 0 Å². The molecule has 4 atom stereocenters. The molecule has 2 aliphatic rings. The predicted molar refractivity (Wildman–Crippen MR) is 42.7 cm³/mol. The summed E-state index contributed by atoms with van der Waals surface area (Å²) in [5, 5.41) is 9.64. The molecule has 0 aromatic heterocycles. The molecule has 3 nitrogen and oxygen atoms in total. The highest BCUT2D eigenvalue weighted by Gasteiger charge is 2.41. The quantitative estimate of drug-likeness (QED) is 0.576. The Morgan fingerprint density at radius 3 is 3.08 bits per heavy atom. The van der Waals surface area contributed by atoms with Crippen LogP contribution in [0.2, 0.25) is 0 Å². The molecule has 1 N–H and O–H groups in total. The summed E-state index contributed by atoms with van der Waals surface area (Å²) in [4.78, 5) is 11.3. The molecular formula is C9H14O3. The zero-order chi connectivity index (χ0) is 8.72. The van der Waals surface area contributed by atoms with Gasteiger partial charge in [0.2, 0.25) is 0 Å². The number of carbonyl (C=O) groups excluding carboxylic acids is 1. The third kappa shape index (κ3) is 1.17. The van der Waals surface area contributed by atoms with Gasteiger partial charge in [0, 0.05) is 6.42 Å². The first-order valence-corrected chi connectivity index (χ1v) is 4.54. The average molecular weight is 170 g/mol. The second-order valence-electron chi connectivity index (χ2n) is 3.87. The number of hydrogen-bond acceptors (Lipinski definition) is 3. The van der Waals surface area contributed by atoms with Gasteiger partial charge in [-0.15, -0.1) is 0 Å². The van der Waals surface area contributed by atoms with Gasteiger partial charge in [-0.25, -0.2) is 0 Å². The number of hydrogen-bond donors (Lipinski definition) is 1. The molecular weight excluding hydrogens is 156 g/mol. The second kappa shape index (κ2) is 2.82. The molecule has 68 valence electrons. The molecule has 4 unspecified atom stereocenters.